The van der Waals surface area contributed by atoms with Crippen LogP contribution in [0.2, 0.25) is 0 Å². The standard InChI is InChI=1S/C9H8BrN3O2/c1-15-9(14)4-2-6-5(3-12-13-6)8(11)7(4)10/h2-3H,11H2,1H3,(H,12,13). The molecule has 5 nitrogen and oxygen atoms in total. The Bertz CT molecular complexity index is 535. The summed E-state index contributed by atoms with van der Waals surface area (Å²) in [5, 5.41) is 7.37. The number of halogens is 1. The van der Waals surface area contributed by atoms with Crippen LogP contribution in [0.4, 0.5) is 5.69 Å². The first kappa shape index (κ1) is 9.97. The number of nitrogen functional groups attached to an aromatic ring is 1. The van der Waals surface area contributed by atoms with Gasteiger partial charge >= 0.3 is 5.97 Å². The van der Waals surface area contributed by atoms with E-state index >= 15 is 0 Å². The molecule has 3 N–H and O–H groups in total. The van der Waals surface area contributed by atoms with Crippen LogP contribution in [0.1, 0.15) is 10.4 Å². The topological polar surface area (TPSA) is 81.0 Å². The quantitative estimate of drug-likeness (QED) is 0.610. The van der Waals surface area contributed by atoms with Gasteiger partial charge in [0, 0.05) is 5.39 Å². The van der Waals surface area contributed by atoms with E-state index in [2.05, 4.69) is 30.9 Å². The molecule has 78 valence electrons. The lowest BCUT2D eigenvalue weighted by atomic mass is 10.1. The predicted octanol–water partition coefficient (Wildman–Crippen LogP) is 1.69. The van der Waals surface area contributed by atoms with Gasteiger partial charge in [-0.05, 0) is 22.0 Å². The van der Waals surface area contributed by atoms with Gasteiger partial charge in [-0.2, -0.15) is 5.10 Å². The number of fused-ring (bicyclic) bond motifs is 1. The number of rotatable bonds is 1. The van der Waals surface area contributed by atoms with Gasteiger partial charge < -0.3 is 10.5 Å². The number of nitrogens with zero attached hydrogens (tertiary/aromatic N) is 1. The zero-order chi connectivity index (χ0) is 11.0. The molecule has 0 saturated carbocycles. The molecule has 1 heterocycles. The molecule has 0 aliphatic rings. The van der Waals surface area contributed by atoms with E-state index in [9.17, 15) is 4.79 Å². The molecule has 0 aliphatic heterocycles. The Kier molecular flexibility index (Phi) is 2.36. The molecule has 0 saturated heterocycles. The Hall–Kier alpha value is -1.56. The van der Waals surface area contributed by atoms with E-state index in [0.29, 0.717) is 21.2 Å². The van der Waals surface area contributed by atoms with E-state index in [1.807, 2.05) is 0 Å². The SMILES string of the molecule is COC(=O)c1cc2[nH]ncc2c(N)c1Br. The fourth-order valence-corrected chi connectivity index (χ4v) is 1.84. The maximum absolute atomic E-state index is 11.4. The minimum atomic E-state index is -0.440. The summed E-state index contributed by atoms with van der Waals surface area (Å²) in [6.07, 6.45) is 1.61. The normalized spacial score (nSPS) is 10.5. The fraction of sp³-hybridized carbons (Fsp3) is 0.111. The van der Waals surface area contributed by atoms with E-state index in [1.165, 1.54) is 7.11 Å². The Balaban J connectivity index is 2.75. The van der Waals surface area contributed by atoms with Crippen molar-refractivity contribution in [1.29, 1.82) is 0 Å². The minimum Gasteiger partial charge on any atom is -0.465 e. The minimum absolute atomic E-state index is 0.381. The van der Waals surface area contributed by atoms with Crippen molar-refractivity contribution in [3.05, 3.63) is 22.3 Å². The number of esters is 1. The number of benzene rings is 1. The highest BCUT2D eigenvalue weighted by atomic mass is 79.9. The number of carbonyl (C=O) groups excluding carboxylic acids is 1. The summed E-state index contributed by atoms with van der Waals surface area (Å²) in [6.45, 7) is 0. The summed E-state index contributed by atoms with van der Waals surface area (Å²) < 4.78 is 5.17. The molecule has 0 atom stereocenters. The number of hydrogen-bond acceptors (Lipinski definition) is 4. The van der Waals surface area contributed by atoms with Crippen molar-refractivity contribution in [3.63, 3.8) is 0 Å². The van der Waals surface area contributed by atoms with Crippen molar-refractivity contribution in [3.8, 4) is 0 Å². The highest BCUT2D eigenvalue weighted by Gasteiger charge is 2.16. The van der Waals surface area contributed by atoms with Gasteiger partial charge in [-0.1, -0.05) is 0 Å². The zero-order valence-electron chi connectivity index (χ0n) is 7.87. The van der Waals surface area contributed by atoms with Crippen molar-refractivity contribution < 1.29 is 9.53 Å². The molecule has 0 unspecified atom stereocenters. The van der Waals surface area contributed by atoms with Crippen LogP contribution in [0.25, 0.3) is 10.9 Å². The van der Waals surface area contributed by atoms with Crippen LogP contribution in [-0.2, 0) is 4.74 Å². The summed E-state index contributed by atoms with van der Waals surface area (Å²) in [5.74, 6) is -0.440. The molecule has 0 amide bonds. The predicted molar refractivity (Wildman–Crippen MR) is 59.5 cm³/mol. The molecule has 0 fully saturated rings. The summed E-state index contributed by atoms with van der Waals surface area (Å²) in [7, 11) is 1.32. The average Bonchev–Trinajstić information content (AvgIpc) is 2.70. The van der Waals surface area contributed by atoms with Crippen LogP contribution in [0, 0.1) is 0 Å². The van der Waals surface area contributed by atoms with Gasteiger partial charge in [-0.15, -0.1) is 0 Å². The number of hydrogen-bond donors (Lipinski definition) is 2. The average molecular weight is 270 g/mol. The Morgan fingerprint density at radius 2 is 2.40 bits per heavy atom. The van der Waals surface area contributed by atoms with Gasteiger partial charge in [0.1, 0.15) is 0 Å². The molecular weight excluding hydrogens is 262 g/mol. The van der Waals surface area contributed by atoms with Crippen LogP contribution >= 0.6 is 15.9 Å². The first-order chi connectivity index (χ1) is 7.15. The Morgan fingerprint density at radius 1 is 1.67 bits per heavy atom. The first-order valence-corrected chi connectivity index (χ1v) is 4.93. The molecule has 1 aromatic heterocycles. The van der Waals surface area contributed by atoms with Gasteiger partial charge in [-0.25, -0.2) is 4.79 Å². The highest BCUT2D eigenvalue weighted by molar-refractivity contribution is 9.10. The summed E-state index contributed by atoms with van der Waals surface area (Å²) in [4.78, 5) is 11.4. The van der Waals surface area contributed by atoms with Crippen molar-refractivity contribution in [2.75, 3.05) is 12.8 Å². The summed E-state index contributed by atoms with van der Waals surface area (Å²) >= 11 is 3.26. The van der Waals surface area contributed by atoms with E-state index in [4.69, 9.17) is 5.73 Å². The van der Waals surface area contributed by atoms with E-state index in [1.54, 1.807) is 12.3 Å². The van der Waals surface area contributed by atoms with Crippen LogP contribution in [0.5, 0.6) is 0 Å². The molecule has 15 heavy (non-hydrogen) atoms. The molecule has 6 heteroatoms. The lowest BCUT2D eigenvalue weighted by Gasteiger charge is -2.05. The van der Waals surface area contributed by atoms with E-state index in [-0.39, 0.29) is 0 Å². The molecule has 1 aromatic carbocycles. The van der Waals surface area contributed by atoms with E-state index < -0.39 is 5.97 Å². The lowest BCUT2D eigenvalue weighted by Crippen LogP contribution is -2.04. The maximum Gasteiger partial charge on any atom is 0.339 e. The molecule has 2 rings (SSSR count). The van der Waals surface area contributed by atoms with Crippen LogP contribution in [0.3, 0.4) is 0 Å². The van der Waals surface area contributed by atoms with Gasteiger partial charge in [0.25, 0.3) is 0 Å². The van der Waals surface area contributed by atoms with Gasteiger partial charge in [0.2, 0.25) is 0 Å². The third-order valence-corrected chi connectivity index (χ3v) is 2.98. The molecule has 2 aromatic rings. The van der Waals surface area contributed by atoms with Crippen molar-refractivity contribution in [2.24, 2.45) is 0 Å². The first-order valence-electron chi connectivity index (χ1n) is 4.14. The van der Waals surface area contributed by atoms with Crippen LogP contribution in [0.15, 0.2) is 16.7 Å². The smallest absolute Gasteiger partial charge is 0.339 e. The summed E-state index contributed by atoms with van der Waals surface area (Å²) in [6, 6.07) is 1.65. The number of nitrogens with one attached hydrogen (secondary N) is 1. The second kappa shape index (κ2) is 3.54. The second-order valence-electron chi connectivity index (χ2n) is 2.97. The number of aromatic amines is 1. The maximum atomic E-state index is 11.4. The largest absolute Gasteiger partial charge is 0.465 e. The van der Waals surface area contributed by atoms with Crippen molar-refractivity contribution >= 4 is 38.5 Å². The monoisotopic (exact) mass is 269 g/mol. The van der Waals surface area contributed by atoms with Crippen LogP contribution in [-0.4, -0.2) is 23.3 Å². The van der Waals surface area contributed by atoms with Gasteiger partial charge in [0.05, 0.1) is 34.5 Å². The van der Waals surface area contributed by atoms with E-state index in [0.717, 1.165) is 5.39 Å². The Labute approximate surface area is 93.7 Å². The lowest BCUT2D eigenvalue weighted by molar-refractivity contribution is 0.0600. The number of carbonyl (C=O) groups is 1. The molecule has 0 aliphatic carbocycles. The Morgan fingerprint density at radius 3 is 3.07 bits per heavy atom. The number of anilines is 1. The molecule has 0 spiro atoms. The van der Waals surface area contributed by atoms with Crippen molar-refractivity contribution in [2.45, 2.75) is 0 Å². The second-order valence-corrected chi connectivity index (χ2v) is 3.77. The van der Waals surface area contributed by atoms with Gasteiger partial charge in [-0.3, -0.25) is 5.10 Å². The zero-order valence-corrected chi connectivity index (χ0v) is 9.46. The molecular formula is C9H8BrN3O2. The third kappa shape index (κ3) is 1.46. The molecule has 0 bridgehead atoms. The highest BCUT2D eigenvalue weighted by Crippen LogP contribution is 2.31. The van der Waals surface area contributed by atoms with Crippen LogP contribution < -0.4 is 5.73 Å². The number of ether oxygens (including phenoxy) is 1. The number of methoxy groups -OCH3 is 1. The number of H-pyrrole nitrogens is 1. The number of nitrogens with two attached hydrogens (primary N) is 1. The molecule has 0 radical (unpaired) electrons. The number of aromatic nitrogens is 2. The van der Waals surface area contributed by atoms with Crippen molar-refractivity contribution in [1.82, 2.24) is 10.2 Å². The van der Waals surface area contributed by atoms with Gasteiger partial charge in [0.15, 0.2) is 0 Å². The summed E-state index contributed by atoms with van der Waals surface area (Å²) in [5.41, 5.74) is 7.40. The fourth-order valence-electron chi connectivity index (χ4n) is 1.35. The third-order valence-electron chi connectivity index (χ3n) is 2.13.